The molecule has 1 aliphatic rings. The van der Waals surface area contributed by atoms with Crippen LogP contribution in [-0.2, 0) is 9.53 Å². The number of nitrogens with zero attached hydrogens (tertiary/aromatic N) is 3. The van der Waals surface area contributed by atoms with Crippen LogP contribution in [0.15, 0.2) is 47.6 Å². The van der Waals surface area contributed by atoms with Crippen LogP contribution in [0.3, 0.4) is 0 Å². The Morgan fingerprint density at radius 3 is 2.67 bits per heavy atom. The van der Waals surface area contributed by atoms with E-state index >= 15 is 0 Å². The van der Waals surface area contributed by atoms with Gasteiger partial charge in [-0.25, -0.2) is 5.43 Å². The van der Waals surface area contributed by atoms with Gasteiger partial charge in [0.2, 0.25) is 5.91 Å². The van der Waals surface area contributed by atoms with Crippen LogP contribution in [-0.4, -0.2) is 49.3 Å². The molecule has 0 bridgehead atoms. The van der Waals surface area contributed by atoms with Crippen molar-refractivity contribution in [2.45, 2.75) is 6.92 Å². The minimum atomic E-state index is -0.474. The standard InChI is InChI=1S/C20H21N5O5/c1-14(26)22-17-4-2-3-16(12-17)20(27)23-21-13-15-5-6-18(19(11-15)25(28)29)24-7-9-30-10-8-24/h2-6,11-13H,7-10H2,1H3,(H,22,26)(H,23,27). The van der Waals surface area contributed by atoms with Gasteiger partial charge in [-0.2, -0.15) is 5.10 Å². The summed E-state index contributed by atoms with van der Waals surface area (Å²) in [4.78, 5) is 36.3. The van der Waals surface area contributed by atoms with Gasteiger partial charge in [0, 0.05) is 42.9 Å². The van der Waals surface area contributed by atoms with Crippen molar-refractivity contribution in [3.8, 4) is 0 Å². The Hall–Kier alpha value is -3.79. The molecule has 0 spiro atoms. The van der Waals surface area contributed by atoms with E-state index in [0.717, 1.165) is 0 Å². The minimum Gasteiger partial charge on any atom is -0.378 e. The number of anilines is 2. The Morgan fingerprint density at radius 1 is 1.20 bits per heavy atom. The number of carbonyl (C=O) groups is 2. The zero-order chi connectivity index (χ0) is 21.5. The topological polar surface area (TPSA) is 126 Å². The molecule has 3 rings (SSSR count). The van der Waals surface area contributed by atoms with E-state index in [1.165, 1.54) is 25.3 Å². The molecular formula is C20H21N5O5. The fraction of sp³-hybridized carbons (Fsp3) is 0.250. The van der Waals surface area contributed by atoms with Crippen LogP contribution in [0.1, 0.15) is 22.8 Å². The van der Waals surface area contributed by atoms with Crippen molar-refractivity contribution in [1.29, 1.82) is 0 Å². The molecule has 1 fully saturated rings. The number of nitro benzene ring substituents is 1. The van der Waals surface area contributed by atoms with E-state index in [4.69, 9.17) is 4.74 Å². The molecule has 0 atom stereocenters. The van der Waals surface area contributed by atoms with Crippen LogP contribution >= 0.6 is 0 Å². The predicted molar refractivity (Wildman–Crippen MR) is 112 cm³/mol. The number of morpholine rings is 1. The Bertz CT molecular complexity index is 985. The smallest absolute Gasteiger partial charge is 0.293 e. The van der Waals surface area contributed by atoms with Gasteiger partial charge in [-0.1, -0.05) is 12.1 Å². The third-order valence-corrected chi connectivity index (χ3v) is 4.37. The van der Waals surface area contributed by atoms with Gasteiger partial charge in [-0.3, -0.25) is 19.7 Å². The lowest BCUT2D eigenvalue weighted by Gasteiger charge is -2.28. The lowest BCUT2D eigenvalue weighted by Crippen LogP contribution is -2.36. The van der Waals surface area contributed by atoms with Crippen molar-refractivity contribution >= 4 is 35.1 Å². The van der Waals surface area contributed by atoms with E-state index in [9.17, 15) is 19.7 Å². The average Bonchev–Trinajstić information content (AvgIpc) is 2.74. The fourth-order valence-corrected chi connectivity index (χ4v) is 3.01. The summed E-state index contributed by atoms with van der Waals surface area (Å²) >= 11 is 0. The summed E-state index contributed by atoms with van der Waals surface area (Å²) in [5.74, 6) is -0.717. The number of nitrogens with one attached hydrogen (secondary N) is 2. The first-order valence-corrected chi connectivity index (χ1v) is 9.26. The third-order valence-electron chi connectivity index (χ3n) is 4.37. The first-order valence-electron chi connectivity index (χ1n) is 9.26. The second kappa shape index (κ2) is 9.61. The molecule has 1 aliphatic heterocycles. The summed E-state index contributed by atoms with van der Waals surface area (Å²) in [6.45, 7) is 3.59. The van der Waals surface area contributed by atoms with Gasteiger partial charge in [-0.05, 0) is 24.3 Å². The normalized spacial score (nSPS) is 13.8. The molecule has 0 unspecified atom stereocenters. The Morgan fingerprint density at radius 2 is 1.97 bits per heavy atom. The predicted octanol–water partition coefficient (Wildman–Crippen LogP) is 2.15. The second-order valence-corrected chi connectivity index (χ2v) is 6.57. The molecular weight excluding hydrogens is 390 g/mol. The quantitative estimate of drug-likeness (QED) is 0.426. The highest BCUT2D eigenvalue weighted by Gasteiger charge is 2.21. The Balaban J connectivity index is 1.70. The lowest BCUT2D eigenvalue weighted by atomic mass is 10.1. The molecule has 1 saturated heterocycles. The summed E-state index contributed by atoms with van der Waals surface area (Å²) in [7, 11) is 0. The number of nitro groups is 1. The maximum absolute atomic E-state index is 12.2. The molecule has 0 aromatic heterocycles. The SMILES string of the molecule is CC(=O)Nc1cccc(C(=O)NN=Cc2ccc(N3CCOCC3)c([N+](=O)[O-])c2)c1. The van der Waals surface area contributed by atoms with E-state index in [1.807, 2.05) is 4.90 Å². The molecule has 2 aromatic rings. The third kappa shape index (κ3) is 5.39. The molecule has 30 heavy (non-hydrogen) atoms. The number of carbonyl (C=O) groups excluding carboxylic acids is 2. The number of ether oxygens (including phenoxy) is 1. The highest BCUT2D eigenvalue weighted by atomic mass is 16.6. The van der Waals surface area contributed by atoms with E-state index in [1.54, 1.807) is 30.3 Å². The molecule has 2 N–H and O–H groups in total. The Labute approximate surface area is 172 Å². The zero-order valence-corrected chi connectivity index (χ0v) is 16.3. The summed E-state index contributed by atoms with van der Waals surface area (Å²) < 4.78 is 5.29. The van der Waals surface area contributed by atoms with Crippen LogP contribution in [0.25, 0.3) is 0 Å². The number of rotatable bonds is 6. The lowest BCUT2D eigenvalue weighted by molar-refractivity contribution is -0.384. The summed E-state index contributed by atoms with van der Waals surface area (Å²) in [5.41, 5.74) is 4.15. The minimum absolute atomic E-state index is 0.0322. The number of hydrazone groups is 1. The highest BCUT2D eigenvalue weighted by Crippen LogP contribution is 2.29. The number of hydrogen-bond donors (Lipinski definition) is 2. The van der Waals surface area contributed by atoms with Gasteiger partial charge < -0.3 is 15.0 Å². The molecule has 1 heterocycles. The van der Waals surface area contributed by atoms with Crippen LogP contribution in [0.4, 0.5) is 17.1 Å². The largest absolute Gasteiger partial charge is 0.378 e. The number of benzene rings is 2. The number of hydrogen-bond acceptors (Lipinski definition) is 7. The summed E-state index contributed by atoms with van der Waals surface area (Å²) in [5, 5.41) is 18.0. The maximum atomic E-state index is 12.2. The molecule has 2 aromatic carbocycles. The molecule has 0 aliphatic carbocycles. The van der Waals surface area contributed by atoms with Gasteiger partial charge in [-0.15, -0.1) is 0 Å². The van der Waals surface area contributed by atoms with E-state index in [-0.39, 0.29) is 11.6 Å². The average molecular weight is 411 g/mol. The van der Waals surface area contributed by atoms with Crippen molar-refractivity contribution in [1.82, 2.24) is 5.43 Å². The van der Waals surface area contributed by atoms with Gasteiger partial charge in [0.25, 0.3) is 11.6 Å². The highest BCUT2D eigenvalue weighted by molar-refractivity contribution is 5.97. The van der Waals surface area contributed by atoms with Gasteiger partial charge in [0.15, 0.2) is 0 Å². The van der Waals surface area contributed by atoms with Crippen LogP contribution < -0.4 is 15.6 Å². The summed E-state index contributed by atoms with van der Waals surface area (Å²) in [6, 6.07) is 11.2. The van der Waals surface area contributed by atoms with Crippen LogP contribution in [0.5, 0.6) is 0 Å². The zero-order valence-electron chi connectivity index (χ0n) is 16.3. The molecule has 0 radical (unpaired) electrons. The van der Waals surface area contributed by atoms with Crippen molar-refractivity contribution in [2.75, 3.05) is 36.5 Å². The maximum Gasteiger partial charge on any atom is 0.293 e. The summed E-state index contributed by atoms with van der Waals surface area (Å²) in [6.07, 6.45) is 1.34. The van der Waals surface area contributed by atoms with E-state index < -0.39 is 10.8 Å². The van der Waals surface area contributed by atoms with Gasteiger partial charge in [0.1, 0.15) is 5.69 Å². The first kappa shape index (κ1) is 20.9. The van der Waals surface area contributed by atoms with Crippen molar-refractivity contribution in [3.05, 3.63) is 63.7 Å². The van der Waals surface area contributed by atoms with Crippen LogP contribution in [0, 0.1) is 10.1 Å². The molecule has 10 heteroatoms. The fourth-order valence-electron chi connectivity index (χ4n) is 3.01. The monoisotopic (exact) mass is 411 g/mol. The first-order chi connectivity index (χ1) is 14.4. The van der Waals surface area contributed by atoms with Crippen molar-refractivity contribution in [2.24, 2.45) is 5.10 Å². The molecule has 0 saturated carbocycles. The van der Waals surface area contributed by atoms with Crippen molar-refractivity contribution < 1.29 is 19.2 Å². The second-order valence-electron chi connectivity index (χ2n) is 6.57. The number of amides is 2. The van der Waals surface area contributed by atoms with Crippen LogP contribution in [0.2, 0.25) is 0 Å². The van der Waals surface area contributed by atoms with E-state index in [2.05, 4.69) is 15.8 Å². The Kier molecular flexibility index (Phi) is 6.71. The van der Waals surface area contributed by atoms with Crippen molar-refractivity contribution in [3.63, 3.8) is 0 Å². The molecule has 2 amide bonds. The van der Waals surface area contributed by atoms with Gasteiger partial charge in [0.05, 0.1) is 24.4 Å². The molecule has 10 nitrogen and oxygen atoms in total. The van der Waals surface area contributed by atoms with Gasteiger partial charge >= 0.3 is 0 Å². The molecule has 156 valence electrons. The van der Waals surface area contributed by atoms with E-state index in [0.29, 0.717) is 48.8 Å².